The normalized spacial score (nSPS) is 22.6. The van der Waals surface area contributed by atoms with E-state index in [1.165, 1.54) is 20.0 Å². The molecule has 1 aromatic carbocycles. The smallest absolute Gasteiger partial charge is 0.337 e. The van der Waals surface area contributed by atoms with Gasteiger partial charge in [-0.05, 0) is 44.4 Å². The third-order valence-electron chi connectivity index (χ3n) is 3.98. The van der Waals surface area contributed by atoms with Crippen molar-refractivity contribution in [3.8, 4) is 0 Å². The van der Waals surface area contributed by atoms with Crippen LogP contribution in [0.15, 0.2) is 18.2 Å². The van der Waals surface area contributed by atoms with Crippen LogP contribution in [0, 0.1) is 0 Å². The number of nitrogens with two attached hydrogens (primary N) is 1. The predicted octanol–water partition coefficient (Wildman–Crippen LogP) is 2.82. The van der Waals surface area contributed by atoms with Crippen LogP contribution in [-0.4, -0.2) is 25.2 Å². The summed E-state index contributed by atoms with van der Waals surface area (Å²) < 4.78 is 4.71. The van der Waals surface area contributed by atoms with E-state index >= 15 is 0 Å². The van der Waals surface area contributed by atoms with Crippen LogP contribution in [0.4, 0.5) is 11.4 Å². The minimum absolute atomic E-state index is 0.347. The van der Waals surface area contributed by atoms with Gasteiger partial charge in [0.25, 0.3) is 0 Å². The van der Waals surface area contributed by atoms with E-state index in [1.54, 1.807) is 12.1 Å². The van der Waals surface area contributed by atoms with Crippen molar-refractivity contribution >= 4 is 17.3 Å². The summed E-state index contributed by atoms with van der Waals surface area (Å²) in [5.41, 5.74) is 8.31. The van der Waals surface area contributed by atoms with Crippen molar-refractivity contribution in [1.82, 2.24) is 0 Å². The number of hydrogen-bond donors (Lipinski definition) is 1. The molecule has 0 amide bonds. The molecule has 4 nitrogen and oxygen atoms in total. The Balaban J connectivity index is 2.32. The number of methoxy groups -OCH3 is 1. The number of esters is 1. The Hall–Kier alpha value is -1.71. The first-order valence-corrected chi connectivity index (χ1v) is 6.84. The second-order valence-corrected chi connectivity index (χ2v) is 5.16. The predicted molar refractivity (Wildman–Crippen MR) is 77.4 cm³/mol. The molecule has 104 valence electrons. The highest BCUT2D eigenvalue weighted by Crippen LogP contribution is 2.35. The van der Waals surface area contributed by atoms with Gasteiger partial charge in [-0.15, -0.1) is 0 Å². The summed E-state index contributed by atoms with van der Waals surface area (Å²) in [6.45, 7) is 4.43. The van der Waals surface area contributed by atoms with Crippen LogP contribution in [-0.2, 0) is 4.74 Å². The van der Waals surface area contributed by atoms with Crippen LogP contribution in [0.25, 0.3) is 0 Å². The van der Waals surface area contributed by atoms with Gasteiger partial charge in [0.05, 0.1) is 24.0 Å². The number of carbonyl (C=O) groups excluding carboxylic acids is 1. The topological polar surface area (TPSA) is 55.6 Å². The summed E-state index contributed by atoms with van der Waals surface area (Å²) >= 11 is 0. The molecule has 1 aliphatic heterocycles. The average Bonchev–Trinajstić information content (AvgIpc) is 2.78. The lowest BCUT2D eigenvalue weighted by molar-refractivity contribution is 0.0601. The number of benzene rings is 1. The van der Waals surface area contributed by atoms with Crippen molar-refractivity contribution < 1.29 is 9.53 Å². The van der Waals surface area contributed by atoms with Gasteiger partial charge in [-0.1, -0.05) is 6.92 Å². The molecule has 0 aromatic heterocycles. The Kier molecular flexibility index (Phi) is 3.98. The van der Waals surface area contributed by atoms with Crippen molar-refractivity contribution in [2.45, 2.75) is 45.2 Å². The standard InChI is InChI=1S/C15H22N2O2/c1-4-12-7-5-10(2)17(12)14-8-6-11(9-13(14)16)15(18)19-3/h6,8-10,12H,4-5,7,16H2,1-3H3. The van der Waals surface area contributed by atoms with E-state index in [9.17, 15) is 4.79 Å². The molecule has 0 bridgehead atoms. The number of hydrogen-bond acceptors (Lipinski definition) is 4. The summed E-state index contributed by atoms with van der Waals surface area (Å²) in [5, 5.41) is 0. The second-order valence-electron chi connectivity index (χ2n) is 5.16. The largest absolute Gasteiger partial charge is 0.465 e. The van der Waals surface area contributed by atoms with Crippen LogP contribution >= 0.6 is 0 Å². The maximum absolute atomic E-state index is 11.5. The van der Waals surface area contributed by atoms with Gasteiger partial charge >= 0.3 is 5.97 Å². The molecule has 19 heavy (non-hydrogen) atoms. The van der Waals surface area contributed by atoms with Crippen molar-refractivity contribution in [1.29, 1.82) is 0 Å². The molecule has 2 unspecified atom stereocenters. The Labute approximate surface area is 114 Å². The van der Waals surface area contributed by atoms with Gasteiger partial charge in [0.1, 0.15) is 0 Å². The molecule has 2 atom stereocenters. The number of ether oxygens (including phenoxy) is 1. The fraction of sp³-hybridized carbons (Fsp3) is 0.533. The average molecular weight is 262 g/mol. The zero-order valence-electron chi connectivity index (χ0n) is 11.8. The summed E-state index contributed by atoms with van der Waals surface area (Å²) in [5.74, 6) is -0.347. The number of nitrogen functional groups attached to an aromatic ring is 1. The van der Waals surface area contributed by atoms with E-state index in [4.69, 9.17) is 10.5 Å². The first-order valence-electron chi connectivity index (χ1n) is 6.84. The molecule has 1 aliphatic rings. The maximum atomic E-state index is 11.5. The number of carbonyl (C=O) groups is 1. The van der Waals surface area contributed by atoms with E-state index in [-0.39, 0.29) is 5.97 Å². The molecule has 4 heteroatoms. The highest BCUT2D eigenvalue weighted by Gasteiger charge is 2.30. The van der Waals surface area contributed by atoms with Crippen LogP contribution in [0.3, 0.4) is 0 Å². The second kappa shape index (κ2) is 5.51. The van der Waals surface area contributed by atoms with E-state index in [1.807, 2.05) is 6.07 Å². The molecule has 1 saturated heterocycles. The molecule has 2 N–H and O–H groups in total. The summed E-state index contributed by atoms with van der Waals surface area (Å²) in [6.07, 6.45) is 3.51. The molecular weight excluding hydrogens is 240 g/mol. The Morgan fingerprint density at radius 2 is 2.21 bits per heavy atom. The van der Waals surface area contributed by atoms with E-state index in [0.717, 1.165) is 12.1 Å². The zero-order valence-corrected chi connectivity index (χ0v) is 11.8. The third-order valence-corrected chi connectivity index (χ3v) is 3.98. The molecule has 2 rings (SSSR count). The SMILES string of the molecule is CCC1CCC(C)N1c1ccc(C(=O)OC)cc1N. The van der Waals surface area contributed by atoms with Gasteiger partial charge in [0.2, 0.25) is 0 Å². The fourth-order valence-electron chi connectivity index (χ4n) is 2.94. The van der Waals surface area contributed by atoms with E-state index in [0.29, 0.717) is 23.3 Å². The number of rotatable bonds is 3. The molecule has 1 aromatic rings. The number of nitrogens with zero attached hydrogens (tertiary/aromatic N) is 1. The summed E-state index contributed by atoms with van der Waals surface area (Å²) in [6, 6.07) is 6.47. The first kappa shape index (κ1) is 13.7. The van der Waals surface area contributed by atoms with Gasteiger partial charge in [0, 0.05) is 12.1 Å². The van der Waals surface area contributed by atoms with Crippen LogP contribution in [0.2, 0.25) is 0 Å². The molecule has 1 heterocycles. The summed E-state index contributed by atoms with van der Waals surface area (Å²) in [4.78, 5) is 13.9. The molecule has 1 fully saturated rings. The lowest BCUT2D eigenvalue weighted by Crippen LogP contribution is -2.34. The Morgan fingerprint density at radius 1 is 1.47 bits per heavy atom. The van der Waals surface area contributed by atoms with Crippen molar-refractivity contribution in [3.63, 3.8) is 0 Å². The van der Waals surface area contributed by atoms with E-state index < -0.39 is 0 Å². The summed E-state index contributed by atoms with van der Waals surface area (Å²) in [7, 11) is 1.38. The first-order chi connectivity index (χ1) is 9.08. The molecular formula is C15H22N2O2. The van der Waals surface area contributed by atoms with Gasteiger partial charge < -0.3 is 15.4 Å². The van der Waals surface area contributed by atoms with Gasteiger partial charge in [-0.25, -0.2) is 4.79 Å². The van der Waals surface area contributed by atoms with Gasteiger partial charge in [0.15, 0.2) is 0 Å². The van der Waals surface area contributed by atoms with Crippen molar-refractivity contribution in [2.24, 2.45) is 0 Å². The van der Waals surface area contributed by atoms with Crippen LogP contribution in [0.1, 0.15) is 43.5 Å². The lowest BCUT2D eigenvalue weighted by Gasteiger charge is -2.31. The van der Waals surface area contributed by atoms with Crippen LogP contribution < -0.4 is 10.6 Å². The fourth-order valence-corrected chi connectivity index (χ4v) is 2.94. The minimum atomic E-state index is -0.347. The van der Waals surface area contributed by atoms with E-state index in [2.05, 4.69) is 18.7 Å². The maximum Gasteiger partial charge on any atom is 0.337 e. The highest BCUT2D eigenvalue weighted by atomic mass is 16.5. The molecule has 0 radical (unpaired) electrons. The van der Waals surface area contributed by atoms with Gasteiger partial charge in [-0.2, -0.15) is 0 Å². The Morgan fingerprint density at radius 3 is 2.79 bits per heavy atom. The zero-order chi connectivity index (χ0) is 14.0. The van der Waals surface area contributed by atoms with Crippen LogP contribution in [0.5, 0.6) is 0 Å². The minimum Gasteiger partial charge on any atom is -0.465 e. The van der Waals surface area contributed by atoms with Crippen molar-refractivity contribution in [2.75, 3.05) is 17.7 Å². The molecule has 0 saturated carbocycles. The number of anilines is 2. The molecule has 0 aliphatic carbocycles. The molecule has 0 spiro atoms. The monoisotopic (exact) mass is 262 g/mol. The lowest BCUT2D eigenvalue weighted by atomic mass is 10.1. The highest BCUT2D eigenvalue weighted by molar-refractivity contribution is 5.92. The third kappa shape index (κ3) is 2.53. The quantitative estimate of drug-likeness (QED) is 0.672. The Bertz CT molecular complexity index is 473. The van der Waals surface area contributed by atoms with Crippen molar-refractivity contribution in [3.05, 3.63) is 23.8 Å². The van der Waals surface area contributed by atoms with Gasteiger partial charge in [-0.3, -0.25) is 0 Å².